The van der Waals surface area contributed by atoms with Crippen LogP contribution in [0.15, 0.2) is 48.1 Å². The maximum Gasteiger partial charge on any atom is 0.133 e. The van der Waals surface area contributed by atoms with Gasteiger partial charge in [0.15, 0.2) is 0 Å². The summed E-state index contributed by atoms with van der Waals surface area (Å²) in [5.41, 5.74) is 3.20. The van der Waals surface area contributed by atoms with Crippen molar-refractivity contribution < 1.29 is 4.74 Å². The Morgan fingerprint density at radius 1 is 1.43 bits per heavy atom. The van der Waals surface area contributed by atoms with Crippen molar-refractivity contribution in [1.29, 1.82) is 5.26 Å². The van der Waals surface area contributed by atoms with Crippen LogP contribution in [0.25, 0.3) is 5.57 Å². The van der Waals surface area contributed by atoms with Gasteiger partial charge in [-0.15, -0.1) is 0 Å². The first-order chi connectivity index (χ1) is 10.1. The summed E-state index contributed by atoms with van der Waals surface area (Å²) in [5.74, 6) is 0. The van der Waals surface area contributed by atoms with Crippen LogP contribution in [0.4, 0.5) is 0 Å². The van der Waals surface area contributed by atoms with Crippen LogP contribution >= 0.6 is 0 Å². The zero-order valence-corrected chi connectivity index (χ0v) is 12.2. The topological polar surface area (TPSA) is 48.6 Å². The third kappa shape index (κ3) is 4.12. The molecular weight excluding hydrogens is 262 g/mol. The van der Waals surface area contributed by atoms with Gasteiger partial charge in [-0.1, -0.05) is 37.4 Å². The summed E-state index contributed by atoms with van der Waals surface area (Å²) < 4.78 is 5.26. The molecule has 0 atom stereocenters. The molecule has 1 aromatic rings. The van der Waals surface area contributed by atoms with Crippen molar-refractivity contribution >= 4 is 11.8 Å². The van der Waals surface area contributed by atoms with Gasteiger partial charge >= 0.3 is 0 Å². The molecule has 4 heteroatoms. The minimum atomic E-state index is 0.179. The molecule has 108 valence electrons. The highest BCUT2D eigenvalue weighted by molar-refractivity contribution is 6.09. The number of hydrogen-bond donors (Lipinski definition) is 0. The molecule has 1 heterocycles. The third-order valence-electron chi connectivity index (χ3n) is 3.49. The van der Waals surface area contributed by atoms with E-state index in [2.05, 4.69) is 35.2 Å². The quantitative estimate of drug-likeness (QED) is 0.595. The Labute approximate surface area is 125 Å². The number of hydrogen-bond acceptors (Lipinski definition) is 4. The Hall–Kier alpha value is -2.22. The number of methoxy groups -OCH3 is 1. The molecular formula is C17H19N3O. The minimum Gasteiger partial charge on any atom is -0.379 e. The smallest absolute Gasteiger partial charge is 0.133 e. The Bertz CT molecular complexity index is 589. The van der Waals surface area contributed by atoms with Gasteiger partial charge in [-0.05, 0) is 16.7 Å². The predicted molar refractivity (Wildman–Crippen MR) is 84.8 cm³/mol. The molecule has 1 aliphatic heterocycles. The van der Waals surface area contributed by atoms with E-state index in [1.54, 1.807) is 13.3 Å². The van der Waals surface area contributed by atoms with Gasteiger partial charge in [-0.2, -0.15) is 5.26 Å². The van der Waals surface area contributed by atoms with Crippen molar-refractivity contribution in [3.05, 3.63) is 54.2 Å². The van der Waals surface area contributed by atoms with Crippen LogP contribution in [-0.2, 0) is 11.3 Å². The van der Waals surface area contributed by atoms with Crippen molar-refractivity contribution in [2.45, 2.75) is 12.6 Å². The Balaban J connectivity index is 1.90. The largest absolute Gasteiger partial charge is 0.379 e. The summed E-state index contributed by atoms with van der Waals surface area (Å²) >= 11 is 0. The molecule has 2 rings (SSSR count). The van der Waals surface area contributed by atoms with Gasteiger partial charge in [0, 0.05) is 33.0 Å². The van der Waals surface area contributed by atoms with Gasteiger partial charge in [0.05, 0.1) is 6.10 Å². The lowest BCUT2D eigenvalue weighted by molar-refractivity contribution is -0.0333. The fraction of sp³-hybridized carbons (Fsp3) is 0.294. The lowest BCUT2D eigenvalue weighted by Crippen LogP contribution is -2.50. The fourth-order valence-electron chi connectivity index (χ4n) is 2.14. The fourth-order valence-corrected chi connectivity index (χ4v) is 2.14. The predicted octanol–water partition coefficient (Wildman–Crippen LogP) is 2.64. The Morgan fingerprint density at radius 2 is 2.10 bits per heavy atom. The monoisotopic (exact) mass is 281 g/mol. The molecule has 0 radical (unpaired) electrons. The molecule has 0 unspecified atom stereocenters. The van der Waals surface area contributed by atoms with Crippen LogP contribution in [0.1, 0.15) is 11.1 Å². The van der Waals surface area contributed by atoms with E-state index in [0.29, 0.717) is 6.10 Å². The average molecular weight is 281 g/mol. The van der Waals surface area contributed by atoms with Crippen LogP contribution in [0, 0.1) is 11.3 Å². The maximum atomic E-state index is 8.60. The zero-order chi connectivity index (χ0) is 15.2. The molecule has 0 amide bonds. The number of ether oxygens (including phenoxy) is 1. The molecule has 0 saturated carbocycles. The van der Waals surface area contributed by atoms with E-state index in [4.69, 9.17) is 10.00 Å². The molecule has 0 aromatic heterocycles. The first-order valence-electron chi connectivity index (χ1n) is 6.79. The highest BCUT2D eigenvalue weighted by Gasteiger charge is 2.25. The highest BCUT2D eigenvalue weighted by Crippen LogP contribution is 2.17. The van der Waals surface area contributed by atoms with Crippen molar-refractivity contribution in [2.75, 3.05) is 20.2 Å². The normalized spacial score (nSPS) is 15.6. The van der Waals surface area contributed by atoms with Crippen molar-refractivity contribution in [3.8, 4) is 6.07 Å². The van der Waals surface area contributed by atoms with Crippen molar-refractivity contribution in [1.82, 2.24) is 4.90 Å². The van der Waals surface area contributed by atoms with Gasteiger partial charge in [0.2, 0.25) is 0 Å². The summed E-state index contributed by atoms with van der Waals surface area (Å²) in [7, 11) is 1.75. The third-order valence-corrected chi connectivity index (χ3v) is 3.49. The van der Waals surface area contributed by atoms with Crippen molar-refractivity contribution in [2.24, 2.45) is 4.99 Å². The first-order valence-corrected chi connectivity index (χ1v) is 6.79. The molecule has 1 aromatic carbocycles. The number of benzene rings is 1. The number of aliphatic imine (C=N–C) groups is 1. The van der Waals surface area contributed by atoms with Gasteiger partial charge < -0.3 is 4.74 Å². The summed E-state index contributed by atoms with van der Waals surface area (Å²) in [5, 5.41) is 8.60. The summed E-state index contributed by atoms with van der Waals surface area (Å²) in [6.45, 7) is 10.4. The second-order valence-corrected chi connectivity index (χ2v) is 5.09. The van der Waals surface area contributed by atoms with E-state index >= 15 is 0 Å². The van der Waals surface area contributed by atoms with Crippen LogP contribution in [0.2, 0.25) is 0 Å². The number of nitrogens with zero attached hydrogens (tertiary/aromatic N) is 3. The van der Waals surface area contributed by atoms with Gasteiger partial charge in [0.25, 0.3) is 0 Å². The molecule has 1 fully saturated rings. The number of rotatable bonds is 6. The Kier molecular flexibility index (Phi) is 5.04. The van der Waals surface area contributed by atoms with E-state index in [1.807, 2.05) is 18.2 Å². The van der Waals surface area contributed by atoms with Crippen LogP contribution in [-0.4, -0.2) is 37.4 Å². The highest BCUT2D eigenvalue weighted by atomic mass is 16.5. The first kappa shape index (κ1) is 15.2. The molecule has 4 nitrogen and oxygen atoms in total. The molecule has 0 bridgehead atoms. The van der Waals surface area contributed by atoms with E-state index < -0.39 is 0 Å². The number of nitriles is 1. The molecule has 0 N–H and O–H groups in total. The lowest BCUT2D eigenvalue weighted by Gasteiger charge is -2.38. The second-order valence-electron chi connectivity index (χ2n) is 5.09. The van der Waals surface area contributed by atoms with Gasteiger partial charge in [0.1, 0.15) is 11.8 Å². The van der Waals surface area contributed by atoms with Crippen LogP contribution < -0.4 is 0 Å². The number of allylic oxidation sites excluding steroid dienone is 2. The van der Waals surface area contributed by atoms with Crippen LogP contribution in [0.3, 0.4) is 0 Å². The molecule has 0 aliphatic carbocycles. The number of likely N-dealkylation sites (tertiary alicyclic amines) is 1. The molecule has 1 aliphatic rings. The summed E-state index contributed by atoms with van der Waals surface area (Å²) in [6, 6.07) is 10.1. The van der Waals surface area contributed by atoms with Crippen LogP contribution in [0.5, 0.6) is 0 Å². The SMILES string of the molecule is C=C(C#N)/N=C/C(=C)c1ccc(CN2CC(OC)C2)cc1. The maximum absolute atomic E-state index is 8.60. The van der Waals surface area contributed by atoms with E-state index in [1.165, 1.54) is 5.56 Å². The molecule has 0 spiro atoms. The lowest BCUT2D eigenvalue weighted by atomic mass is 10.0. The summed E-state index contributed by atoms with van der Waals surface area (Å²) in [6.07, 6.45) is 1.95. The van der Waals surface area contributed by atoms with Crippen molar-refractivity contribution in [3.63, 3.8) is 0 Å². The average Bonchev–Trinajstić information content (AvgIpc) is 2.48. The van der Waals surface area contributed by atoms with E-state index in [-0.39, 0.29) is 5.70 Å². The van der Waals surface area contributed by atoms with Gasteiger partial charge in [-0.25, -0.2) is 4.99 Å². The van der Waals surface area contributed by atoms with Gasteiger partial charge in [-0.3, -0.25) is 4.90 Å². The minimum absolute atomic E-state index is 0.179. The zero-order valence-electron chi connectivity index (χ0n) is 12.2. The molecule has 1 saturated heterocycles. The summed E-state index contributed by atoms with van der Waals surface area (Å²) in [4.78, 5) is 6.27. The Morgan fingerprint density at radius 3 is 2.67 bits per heavy atom. The standard InChI is InChI=1S/C17H19N3O/c1-13(9-19-14(2)8-18)16-6-4-15(5-7-16)10-20-11-17(12-20)21-3/h4-7,9,17H,1-2,10-12H2,3H3/b19-9+. The second kappa shape index (κ2) is 6.98. The van der Waals surface area contributed by atoms with E-state index in [9.17, 15) is 0 Å². The molecule has 21 heavy (non-hydrogen) atoms. The van der Waals surface area contributed by atoms with E-state index in [0.717, 1.165) is 30.8 Å².